The topological polar surface area (TPSA) is 76.9 Å². The van der Waals surface area contributed by atoms with Gasteiger partial charge in [0, 0.05) is 18.4 Å². The van der Waals surface area contributed by atoms with Gasteiger partial charge in [-0.25, -0.2) is 22.8 Å². The second kappa shape index (κ2) is 6.84. The largest absolute Gasteiger partial charge is 0.250 e. The van der Waals surface area contributed by atoms with E-state index in [4.69, 9.17) is 0 Å². The van der Waals surface area contributed by atoms with Crippen molar-refractivity contribution in [2.75, 3.05) is 6.54 Å². The Morgan fingerprint density at radius 1 is 1.21 bits per heavy atom. The van der Waals surface area contributed by atoms with Crippen LogP contribution in [-0.2, 0) is 16.4 Å². The molecule has 0 aromatic carbocycles. The SMILES string of the molecule is Cc1nn(-c2ccccn2)c(C)c1CCNS(=O)(=O)c1cccs1. The van der Waals surface area contributed by atoms with Gasteiger partial charge >= 0.3 is 0 Å². The van der Waals surface area contributed by atoms with Crippen molar-refractivity contribution in [3.8, 4) is 5.82 Å². The van der Waals surface area contributed by atoms with Crippen molar-refractivity contribution in [3.05, 3.63) is 58.9 Å². The quantitative estimate of drug-likeness (QED) is 0.731. The Balaban J connectivity index is 1.74. The summed E-state index contributed by atoms with van der Waals surface area (Å²) in [6, 6.07) is 8.98. The molecule has 0 aliphatic rings. The third-order valence-electron chi connectivity index (χ3n) is 3.73. The van der Waals surface area contributed by atoms with E-state index < -0.39 is 10.0 Å². The number of hydrogen-bond donors (Lipinski definition) is 1. The molecule has 24 heavy (non-hydrogen) atoms. The van der Waals surface area contributed by atoms with Crippen LogP contribution in [0.1, 0.15) is 17.0 Å². The molecule has 1 N–H and O–H groups in total. The maximum absolute atomic E-state index is 12.1. The molecule has 0 aliphatic carbocycles. The molecule has 0 saturated carbocycles. The fraction of sp³-hybridized carbons (Fsp3) is 0.250. The minimum atomic E-state index is -3.43. The van der Waals surface area contributed by atoms with Crippen LogP contribution >= 0.6 is 11.3 Å². The molecule has 0 fully saturated rings. The Bertz CT molecular complexity index is 917. The van der Waals surface area contributed by atoms with E-state index in [2.05, 4.69) is 14.8 Å². The van der Waals surface area contributed by atoms with Crippen LogP contribution in [-0.4, -0.2) is 29.7 Å². The van der Waals surface area contributed by atoms with E-state index in [0.29, 0.717) is 17.2 Å². The molecule has 0 saturated heterocycles. The Morgan fingerprint density at radius 3 is 2.71 bits per heavy atom. The van der Waals surface area contributed by atoms with Crippen molar-refractivity contribution in [1.29, 1.82) is 0 Å². The van der Waals surface area contributed by atoms with Crippen LogP contribution in [0.25, 0.3) is 5.82 Å². The van der Waals surface area contributed by atoms with Gasteiger partial charge in [-0.3, -0.25) is 0 Å². The Labute approximate surface area is 145 Å². The maximum Gasteiger partial charge on any atom is 0.250 e. The number of nitrogens with zero attached hydrogens (tertiary/aromatic N) is 3. The zero-order chi connectivity index (χ0) is 17.2. The number of aryl methyl sites for hydroxylation is 1. The van der Waals surface area contributed by atoms with Crippen LogP contribution in [0, 0.1) is 13.8 Å². The highest BCUT2D eigenvalue weighted by atomic mass is 32.2. The first-order valence-electron chi connectivity index (χ1n) is 7.49. The third-order valence-corrected chi connectivity index (χ3v) is 6.59. The molecule has 0 aliphatic heterocycles. The third kappa shape index (κ3) is 3.40. The highest BCUT2D eigenvalue weighted by Crippen LogP contribution is 2.18. The summed E-state index contributed by atoms with van der Waals surface area (Å²) in [6.45, 7) is 4.23. The first-order chi connectivity index (χ1) is 11.5. The molecular formula is C16H18N4O2S2. The summed E-state index contributed by atoms with van der Waals surface area (Å²) in [4.78, 5) is 4.31. The number of rotatable bonds is 6. The van der Waals surface area contributed by atoms with Gasteiger partial charge in [-0.05, 0) is 49.4 Å². The van der Waals surface area contributed by atoms with Gasteiger partial charge in [0.15, 0.2) is 5.82 Å². The number of thiophene rings is 1. The first-order valence-corrected chi connectivity index (χ1v) is 9.85. The summed E-state index contributed by atoms with van der Waals surface area (Å²) >= 11 is 1.21. The number of nitrogens with one attached hydrogen (secondary N) is 1. The van der Waals surface area contributed by atoms with Crippen molar-refractivity contribution in [2.24, 2.45) is 0 Å². The minimum absolute atomic E-state index is 0.329. The van der Waals surface area contributed by atoms with E-state index in [1.807, 2.05) is 32.0 Å². The van der Waals surface area contributed by atoms with E-state index in [-0.39, 0.29) is 0 Å². The molecule has 3 aromatic heterocycles. The van der Waals surface area contributed by atoms with Crippen molar-refractivity contribution in [3.63, 3.8) is 0 Å². The molecule has 0 atom stereocenters. The summed E-state index contributed by atoms with van der Waals surface area (Å²) in [5.74, 6) is 0.753. The first kappa shape index (κ1) is 16.8. The normalized spacial score (nSPS) is 11.8. The van der Waals surface area contributed by atoms with Gasteiger partial charge in [0.1, 0.15) is 4.21 Å². The van der Waals surface area contributed by atoms with Crippen LogP contribution in [0.15, 0.2) is 46.1 Å². The van der Waals surface area contributed by atoms with Crippen molar-refractivity contribution >= 4 is 21.4 Å². The second-order valence-electron chi connectivity index (χ2n) is 5.33. The molecule has 3 aromatic rings. The molecule has 0 unspecified atom stereocenters. The highest BCUT2D eigenvalue weighted by Gasteiger charge is 2.17. The molecular weight excluding hydrogens is 344 g/mol. The molecule has 0 bridgehead atoms. The van der Waals surface area contributed by atoms with Gasteiger partial charge < -0.3 is 0 Å². The lowest BCUT2D eigenvalue weighted by atomic mass is 10.1. The maximum atomic E-state index is 12.1. The molecule has 6 nitrogen and oxygen atoms in total. The van der Waals surface area contributed by atoms with Crippen molar-refractivity contribution in [1.82, 2.24) is 19.5 Å². The lowest BCUT2D eigenvalue weighted by Crippen LogP contribution is -2.25. The van der Waals surface area contributed by atoms with Gasteiger partial charge in [-0.15, -0.1) is 11.3 Å². The fourth-order valence-electron chi connectivity index (χ4n) is 2.54. The average Bonchev–Trinajstić information content (AvgIpc) is 3.20. The molecule has 8 heteroatoms. The van der Waals surface area contributed by atoms with Crippen molar-refractivity contribution in [2.45, 2.75) is 24.5 Å². The summed E-state index contributed by atoms with van der Waals surface area (Å²) in [6.07, 6.45) is 2.30. The molecule has 0 radical (unpaired) electrons. The number of sulfonamides is 1. The molecule has 3 rings (SSSR count). The lowest BCUT2D eigenvalue weighted by molar-refractivity contribution is 0.583. The summed E-state index contributed by atoms with van der Waals surface area (Å²) in [5.41, 5.74) is 2.89. The van der Waals surface area contributed by atoms with E-state index >= 15 is 0 Å². The van der Waals surface area contributed by atoms with Crippen LogP contribution < -0.4 is 4.72 Å². The number of hydrogen-bond acceptors (Lipinski definition) is 5. The highest BCUT2D eigenvalue weighted by molar-refractivity contribution is 7.91. The average molecular weight is 362 g/mol. The smallest absolute Gasteiger partial charge is 0.237 e. The Kier molecular flexibility index (Phi) is 4.79. The Morgan fingerprint density at radius 2 is 2.04 bits per heavy atom. The second-order valence-corrected chi connectivity index (χ2v) is 8.27. The fourth-order valence-corrected chi connectivity index (χ4v) is 4.61. The summed E-state index contributed by atoms with van der Waals surface area (Å²) in [5, 5.41) is 6.27. The van der Waals surface area contributed by atoms with Crippen molar-refractivity contribution < 1.29 is 8.42 Å². The van der Waals surface area contributed by atoms with Gasteiger partial charge in [0.25, 0.3) is 0 Å². The molecule has 3 heterocycles. The number of aromatic nitrogens is 3. The predicted molar refractivity (Wildman–Crippen MR) is 94.0 cm³/mol. The van der Waals surface area contributed by atoms with Gasteiger partial charge in [-0.1, -0.05) is 12.1 Å². The van der Waals surface area contributed by atoms with Gasteiger partial charge in [0.2, 0.25) is 10.0 Å². The monoisotopic (exact) mass is 362 g/mol. The van der Waals surface area contributed by atoms with E-state index in [1.165, 1.54) is 11.3 Å². The van der Waals surface area contributed by atoms with Crippen LogP contribution in [0.5, 0.6) is 0 Å². The Hall–Kier alpha value is -2.03. The molecule has 0 amide bonds. The standard InChI is InChI=1S/C16H18N4O2S2/c1-12-14(8-10-18-24(21,22)16-7-5-11-23-16)13(2)20(19-12)15-6-3-4-9-17-15/h3-7,9,11,18H,8,10H2,1-2H3. The summed E-state index contributed by atoms with van der Waals surface area (Å²) < 4.78 is 29.1. The van der Waals surface area contributed by atoms with Gasteiger partial charge in [-0.2, -0.15) is 5.10 Å². The van der Waals surface area contributed by atoms with Gasteiger partial charge in [0.05, 0.1) is 5.69 Å². The van der Waals surface area contributed by atoms with E-state index in [0.717, 1.165) is 22.8 Å². The number of pyridine rings is 1. The van der Waals surface area contributed by atoms with Crippen LogP contribution in [0.4, 0.5) is 0 Å². The van der Waals surface area contributed by atoms with Crippen LogP contribution in [0.2, 0.25) is 0 Å². The zero-order valence-electron chi connectivity index (χ0n) is 13.4. The minimum Gasteiger partial charge on any atom is -0.237 e. The zero-order valence-corrected chi connectivity index (χ0v) is 15.1. The lowest BCUT2D eigenvalue weighted by Gasteiger charge is -2.06. The van der Waals surface area contributed by atoms with E-state index in [1.54, 1.807) is 28.4 Å². The molecule has 0 spiro atoms. The summed E-state index contributed by atoms with van der Waals surface area (Å²) in [7, 11) is -3.43. The molecule has 126 valence electrons. The predicted octanol–water partition coefficient (Wildman–Crippen LogP) is 2.47. The van der Waals surface area contributed by atoms with Crippen LogP contribution in [0.3, 0.4) is 0 Å². The van der Waals surface area contributed by atoms with E-state index in [9.17, 15) is 8.42 Å².